The summed E-state index contributed by atoms with van der Waals surface area (Å²) >= 11 is 0. The van der Waals surface area contributed by atoms with Gasteiger partial charge >= 0.3 is 5.97 Å². The smallest absolute Gasteiger partial charge is 0.335 e. The van der Waals surface area contributed by atoms with Crippen molar-refractivity contribution in [2.75, 3.05) is 25.5 Å². The standard InChI is InChI=1S/C20H24N2O3/c1-3-19(24)11-22-9-8-20-12-6-4-5-7-14(12)21-17(20)16(18(23)25-2)13(19)10-15(20)22/h4-7,13,15,21,24H,3,8-11H2,1-2H3/t13-,15+,19-,20+/m1/s1. The molecule has 5 nitrogen and oxygen atoms in total. The number of carbonyl (C=O) groups excluding carboxylic acids is 1. The van der Waals surface area contributed by atoms with Gasteiger partial charge in [-0.05, 0) is 37.4 Å². The highest BCUT2D eigenvalue weighted by atomic mass is 16.5. The summed E-state index contributed by atoms with van der Waals surface area (Å²) in [7, 11) is 1.44. The number of esters is 1. The Hall–Kier alpha value is -1.85. The van der Waals surface area contributed by atoms with Gasteiger partial charge in [-0.1, -0.05) is 25.1 Å². The molecule has 1 spiro atoms. The zero-order valence-electron chi connectivity index (χ0n) is 14.7. The van der Waals surface area contributed by atoms with Crippen molar-refractivity contribution in [2.45, 2.75) is 43.2 Å². The normalized spacial score (nSPS) is 38.2. The van der Waals surface area contributed by atoms with Gasteiger partial charge in [-0.25, -0.2) is 4.79 Å². The predicted octanol–water partition coefficient (Wildman–Crippen LogP) is 2.03. The third kappa shape index (κ3) is 1.68. The maximum atomic E-state index is 12.8. The maximum absolute atomic E-state index is 12.8. The van der Waals surface area contributed by atoms with E-state index in [2.05, 4.69) is 28.4 Å². The molecule has 4 atom stereocenters. The molecule has 132 valence electrons. The second kappa shape index (κ2) is 4.86. The van der Waals surface area contributed by atoms with Crippen LogP contribution >= 0.6 is 0 Å². The van der Waals surface area contributed by atoms with Crippen LogP contribution in [0.2, 0.25) is 0 Å². The van der Waals surface area contributed by atoms with E-state index < -0.39 is 5.60 Å². The molecule has 2 fully saturated rings. The van der Waals surface area contributed by atoms with Crippen LogP contribution in [0.3, 0.4) is 0 Å². The topological polar surface area (TPSA) is 61.8 Å². The van der Waals surface area contributed by atoms with Crippen molar-refractivity contribution in [2.24, 2.45) is 5.92 Å². The Morgan fingerprint density at radius 3 is 3.00 bits per heavy atom. The maximum Gasteiger partial charge on any atom is 0.335 e. The van der Waals surface area contributed by atoms with E-state index in [0.717, 1.165) is 30.8 Å². The Morgan fingerprint density at radius 2 is 2.24 bits per heavy atom. The molecule has 3 heterocycles. The van der Waals surface area contributed by atoms with Crippen molar-refractivity contribution in [3.05, 3.63) is 41.1 Å². The van der Waals surface area contributed by atoms with Crippen LogP contribution in [0.25, 0.3) is 0 Å². The molecule has 1 aliphatic carbocycles. The van der Waals surface area contributed by atoms with Crippen molar-refractivity contribution >= 4 is 11.7 Å². The van der Waals surface area contributed by atoms with Crippen LogP contribution in [0.4, 0.5) is 5.69 Å². The summed E-state index contributed by atoms with van der Waals surface area (Å²) in [5.41, 5.74) is 3.00. The van der Waals surface area contributed by atoms with Gasteiger partial charge in [0.1, 0.15) is 0 Å². The Balaban J connectivity index is 1.81. The number of hydrogen-bond acceptors (Lipinski definition) is 5. The lowest BCUT2D eigenvalue weighted by molar-refractivity contribution is -0.142. The zero-order chi connectivity index (χ0) is 17.4. The largest absolute Gasteiger partial charge is 0.466 e. The number of nitrogens with one attached hydrogen (secondary N) is 1. The molecule has 0 amide bonds. The fraction of sp³-hybridized carbons (Fsp3) is 0.550. The first-order valence-electron chi connectivity index (χ1n) is 9.21. The third-order valence-corrected chi connectivity index (χ3v) is 7.14. The zero-order valence-corrected chi connectivity index (χ0v) is 14.7. The van der Waals surface area contributed by atoms with Crippen LogP contribution < -0.4 is 5.32 Å². The van der Waals surface area contributed by atoms with Crippen molar-refractivity contribution in [1.29, 1.82) is 0 Å². The lowest BCUT2D eigenvalue weighted by Crippen LogP contribution is -2.62. The Kier molecular flexibility index (Phi) is 3.00. The summed E-state index contributed by atoms with van der Waals surface area (Å²) in [5.74, 6) is -0.473. The van der Waals surface area contributed by atoms with Crippen LogP contribution in [0.1, 0.15) is 31.7 Å². The highest BCUT2D eigenvalue weighted by Gasteiger charge is 2.65. The molecule has 1 aromatic carbocycles. The van der Waals surface area contributed by atoms with Crippen LogP contribution in [0, 0.1) is 5.92 Å². The van der Waals surface area contributed by atoms with Crippen LogP contribution in [0.5, 0.6) is 0 Å². The van der Waals surface area contributed by atoms with E-state index in [4.69, 9.17) is 4.74 Å². The minimum atomic E-state index is -0.875. The van der Waals surface area contributed by atoms with Gasteiger partial charge in [0.2, 0.25) is 0 Å². The van der Waals surface area contributed by atoms with E-state index in [9.17, 15) is 9.90 Å². The molecule has 4 aliphatic rings. The van der Waals surface area contributed by atoms with E-state index in [1.54, 1.807) is 0 Å². The number of piperidine rings is 1. The minimum absolute atomic E-state index is 0.161. The van der Waals surface area contributed by atoms with Gasteiger partial charge in [-0.15, -0.1) is 0 Å². The fourth-order valence-corrected chi connectivity index (χ4v) is 5.95. The summed E-state index contributed by atoms with van der Waals surface area (Å²) in [4.78, 5) is 15.2. The van der Waals surface area contributed by atoms with Gasteiger partial charge in [0, 0.05) is 29.9 Å². The Labute approximate surface area is 147 Å². The number of fused-ring (bicyclic) bond motifs is 2. The van der Waals surface area contributed by atoms with E-state index in [1.165, 1.54) is 12.7 Å². The second-order valence-electron chi connectivity index (χ2n) is 7.90. The van der Waals surface area contributed by atoms with Crippen molar-refractivity contribution < 1.29 is 14.6 Å². The highest BCUT2D eigenvalue weighted by Crippen LogP contribution is 2.62. The van der Waals surface area contributed by atoms with Crippen LogP contribution in [-0.2, 0) is 14.9 Å². The molecule has 2 saturated heterocycles. The second-order valence-corrected chi connectivity index (χ2v) is 7.90. The molecule has 25 heavy (non-hydrogen) atoms. The van der Waals surface area contributed by atoms with Gasteiger partial charge in [0.25, 0.3) is 0 Å². The quantitative estimate of drug-likeness (QED) is 0.807. The van der Waals surface area contributed by atoms with Crippen molar-refractivity contribution in [1.82, 2.24) is 4.90 Å². The number of nitrogens with zero attached hydrogens (tertiary/aromatic N) is 1. The average molecular weight is 340 g/mol. The van der Waals surface area contributed by atoms with Gasteiger partial charge in [-0.3, -0.25) is 4.90 Å². The number of ether oxygens (including phenoxy) is 1. The van der Waals surface area contributed by atoms with E-state index >= 15 is 0 Å². The summed E-state index contributed by atoms with van der Waals surface area (Å²) in [5, 5.41) is 14.9. The van der Waals surface area contributed by atoms with Gasteiger partial charge in [0.15, 0.2) is 0 Å². The first-order valence-corrected chi connectivity index (χ1v) is 9.21. The molecule has 2 N–H and O–H groups in total. The highest BCUT2D eigenvalue weighted by molar-refractivity contribution is 5.93. The molecular weight excluding hydrogens is 316 g/mol. The number of benzene rings is 1. The number of carbonyl (C=O) groups is 1. The lowest BCUT2D eigenvalue weighted by Gasteiger charge is -2.53. The van der Waals surface area contributed by atoms with Crippen molar-refractivity contribution in [3.8, 4) is 0 Å². The van der Waals surface area contributed by atoms with E-state index in [-0.39, 0.29) is 17.3 Å². The van der Waals surface area contributed by atoms with Gasteiger partial charge in [-0.2, -0.15) is 0 Å². The SMILES string of the molecule is CC[C@@]1(O)CN2CC[C@@]34C(=C(C(=O)OC)[C@H]1C[C@H]23)Nc1ccccc14. The number of para-hydroxylation sites is 1. The minimum Gasteiger partial charge on any atom is -0.466 e. The average Bonchev–Trinajstić information content (AvgIpc) is 3.18. The van der Waals surface area contributed by atoms with Crippen LogP contribution in [0.15, 0.2) is 35.5 Å². The first-order chi connectivity index (χ1) is 12.0. The van der Waals surface area contributed by atoms with Gasteiger partial charge < -0.3 is 15.2 Å². The number of methoxy groups -OCH3 is 1. The monoisotopic (exact) mass is 340 g/mol. The summed E-state index contributed by atoms with van der Waals surface area (Å²) < 4.78 is 5.17. The number of aliphatic hydroxyl groups is 1. The predicted molar refractivity (Wildman–Crippen MR) is 94.1 cm³/mol. The molecule has 5 rings (SSSR count). The first kappa shape index (κ1) is 15.4. The third-order valence-electron chi connectivity index (χ3n) is 7.14. The number of anilines is 1. The number of rotatable bonds is 2. The summed E-state index contributed by atoms with van der Waals surface area (Å²) in [6, 6.07) is 8.72. The van der Waals surface area contributed by atoms with Crippen LogP contribution in [-0.4, -0.2) is 47.8 Å². The Bertz CT molecular complexity index is 804. The van der Waals surface area contributed by atoms with Crippen molar-refractivity contribution in [3.63, 3.8) is 0 Å². The molecule has 0 saturated carbocycles. The van der Waals surface area contributed by atoms with E-state index in [0.29, 0.717) is 24.6 Å². The lowest BCUT2D eigenvalue weighted by atomic mass is 9.59. The molecule has 2 bridgehead atoms. The Morgan fingerprint density at radius 1 is 1.44 bits per heavy atom. The van der Waals surface area contributed by atoms with E-state index in [1.807, 2.05) is 13.0 Å². The molecular formula is C20H24N2O3. The molecule has 0 aromatic heterocycles. The fourth-order valence-electron chi connectivity index (χ4n) is 5.95. The molecule has 0 radical (unpaired) electrons. The van der Waals surface area contributed by atoms with Gasteiger partial charge in [0.05, 0.1) is 23.7 Å². The molecule has 5 heteroatoms. The molecule has 1 aromatic rings. The summed E-state index contributed by atoms with van der Waals surface area (Å²) in [6.07, 6.45) is 2.42. The molecule has 3 aliphatic heterocycles. The summed E-state index contributed by atoms with van der Waals surface area (Å²) in [6.45, 7) is 3.60. The molecule has 0 unspecified atom stereocenters. The number of hydrogen-bond donors (Lipinski definition) is 2.